The summed E-state index contributed by atoms with van der Waals surface area (Å²) in [4.78, 5) is 0. The number of nitrogens with zero attached hydrogens (tertiary/aromatic N) is 1. The second kappa shape index (κ2) is 7.40. The smallest absolute Gasteiger partial charge is 0.455 e. The molecular weight excluding hydrogens is 378 g/mol. The molecule has 4 nitrogen and oxygen atoms in total. The zero-order valence-electron chi connectivity index (χ0n) is 13.0. The predicted octanol–water partition coefficient (Wildman–Crippen LogP) is 5.35. The summed E-state index contributed by atoms with van der Waals surface area (Å²) in [5.74, 6) is 0.206. The molecule has 0 heterocycles. The summed E-state index contributed by atoms with van der Waals surface area (Å²) in [6.45, 7) is 1.64. The Morgan fingerprint density at radius 2 is 1.88 bits per heavy atom. The van der Waals surface area contributed by atoms with E-state index in [-0.39, 0.29) is 27.4 Å². The normalized spacial score (nSPS) is 11.8. The molecule has 0 N–H and O–H groups in total. The highest BCUT2D eigenvalue weighted by Gasteiger charge is 2.31. The highest BCUT2D eigenvalue weighted by Crippen LogP contribution is 2.37. The average Bonchev–Trinajstić information content (AvgIpc) is 2.56. The fourth-order valence-electron chi connectivity index (χ4n) is 2.00. The molecule has 0 amide bonds. The lowest BCUT2D eigenvalue weighted by Crippen LogP contribution is -2.06. The minimum absolute atomic E-state index is 0.000989. The van der Waals surface area contributed by atoms with Crippen LogP contribution >= 0.6 is 19.6 Å². The van der Waals surface area contributed by atoms with Gasteiger partial charge in [-0.2, -0.15) is 18.4 Å². The Labute approximate surface area is 147 Å². The molecule has 2 rings (SSSR count). The van der Waals surface area contributed by atoms with Crippen LogP contribution in [0.15, 0.2) is 30.3 Å². The van der Waals surface area contributed by atoms with Crippen LogP contribution in [0.2, 0.25) is 5.02 Å². The zero-order chi connectivity index (χ0) is 18.8. The Kier molecular flexibility index (Phi) is 5.69. The van der Waals surface area contributed by atoms with Gasteiger partial charge in [0.05, 0.1) is 17.7 Å². The Bertz CT molecular complexity index is 878. The Morgan fingerprint density at radius 3 is 2.40 bits per heavy atom. The van der Waals surface area contributed by atoms with Crippen molar-refractivity contribution in [2.75, 3.05) is 7.11 Å². The third-order valence-electron chi connectivity index (χ3n) is 3.26. The van der Waals surface area contributed by atoms with Crippen LogP contribution in [-0.4, -0.2) is 7.11 Å². The Balaban J connectivity index is 2.44. The SMILES string of the molecule is CO[P+](=O)c1cc(Oc2ccc(C(F)(F)F)cc2Cl)c(C)cc1C#N. The summed E-state index contributed by atoms with van der Waals surface area (Å²) in [5.41, 5.74) is -0.216. The second-order valence-electron chi connectivity index (χ2n) is 4.93. The molecule has 0 fully saturated rings. The van der Waals surface area contributed by atoms with Crippen LogP contribution in [0.1, 0.15) is 16.7 Å². The van der Waals surface area contributed by atoms with E-state index in [2.05, 4.69) is 0 Å². The van der Waals surface area contributed by atoms with Crippen molar-refractivity contribution in [2.24, 2.45) is 0 Å². The van der Waals surface area contributed by atoms with Gasteiger partial charge < -0.3 is 4.74 Å². The molecule has 9 heteroatoms. The van der Waals surface area contributed by atoms with Crippen molar-refractivity contribution < 1.29 is 27.0 Å². The minimum Gasteiger partial charge on any atom is -0.455 e. The van der Waals surface area contributed by atoms with E-state index in [0.29, 0.717) is 5.56 Å². The van der Waals surface area contributed by atoms with Gasteiger partial charge in [0.2, 0.25) is 5.30 Å². The standard InChI is InChI=1S/C16H11ClF3NO3P/c1-9-5-10(8-21)15(25(22)23-2)7-14(9)24-13-4-3-11(6-12(13)17)16(18,19)20/h3-7H,1-2H3/q+1. The van der Waals surface area contributed by atoms with Gasteiger partial charge in [-0.05, 0) is 41.3 Å². The fraction of sp³-hybridized carbons (Fsp3) is 0.188. The van der Waals surface area contributed by atoms with E-state index in [1.165, 1.54) is 19.2 Å². The van der Waals surface area contributed by atoms with Crippen LogP contribution in [0.5, 0.6) is 11.5 Å². The van der Waals surface area contributed by atoms with Crippen molar-refractivity contribution in [1.29, 1.82) is 5.26 Å². The number of rotatable bonds is 4. The van der Waals surface area contributed by atoms with E-state index >= 15 is 0 Å². The lowest BCUT2D eigenvalue weighted by Gasteiger charge is -2.12. The summed E-state index contributed by atoms with van der Waals surface area (Å²) in [6, 6.07) is 7.41. The first-order valence-electron chi connectivity index (χ1n) is 6.78. The van der Waals surface area contributed by atoms with Crippen molar-refractivity contribution in [3.05, 3.63) is 52.0 Å². The molecule has 1 atom stereocenters. The van der Waals surface area contributed by atoms with Gasteiger partial charge >= 0.3 is 14.2 Å². The van der Waals surface area contributed by atoms with Crippen LogP contribution in [0, 0.1) is 18.3 Å². The first-order chi connectivity index (χ1) is 11.7. The molecule has 0 aliphatic rings. The number of alkyl halides is 3. The summed E-state index contributed by atoms with van der Waals surface area (Å²) >= 11 is 5.87. The molecule has 0 saturated heterocycles. The quantitative estimate of drug-likeness (QED) is 0.663. The maximum Gasteiger partial charge on any atom is 0.550 e. The molecule has 0 aliphatic carbocycles. The fourth-order valence-corrected chi connectivity index (χ4v) is 2.95. The zero-order valence-corrected chi connectivity index (χ0v) is 14.7. The highest BCUT2D eigenvalue weighted by molar-refractivity contribution is 7.48. The summed E-state index contributed by atoms with van der Waals surface area (Å²) in [6.07, 6.45) is -4.52. The first kappa shape index (κ1) is 19.2. The Hall–Kier alpha value is -2.13. The molecule has 0 saturated carbocycles. The number of benzene rings is 2. The van der Waals surface area contributed by atoms with Gasteiger partial charge in [-0.25, -0.2) is 0 Å². The van der Waals surface area contributed by atoms with Gasteiger partial charge in [-0.1, -0.05) is 11.6 Å². The predicted molar refractivity (Wildman–Crippen MR) is 86.7 cm³/mol. The van der Waals surface area contributed by atoms with E-state index in [0.717, 1.165) is 18.2 Å². The van der Waals surface area contributed by atoms with Crippen molar-refractivity contribution in [3.63, 3.8) is 0 Å². The molecule has 0 aromatic heterocycles. The number of ether oxygens (including phenoxy) is 1. The molecule has 0 radical (unpaired) electrons. The van der Waals surface area contributed by atoms with E-state index in [1.807, 2.05) is 6.07 Å². The van der Waals surface area contributed by atoms with Crippen LogP contribution in [0.25, 0.3) is 0 Å². The minimum atomic E-state index is -4.52. The monoisotopic (exact) mass is 388 g/mol. The third-order valence-corrected chi connectivity index (χ3v) is 4.65. The van der Waals surface area contributed by atoms with Crippen LogP contribution < -0.4 is 10.0 Å². The van der Waals surface area contributed by atoms with Gasteiger partial charge in [0, 0.05) is 6.07 Å². The molecule has 2 aromatic rings. The molecule has 1 unspecified atom stereocenters. The van der Waals surface area contributed by atoms with Crippen molar-refractivity contribution in [3.8, 4) is 17.6 Å². The first-order valence-corrected chi connectivity index (χ1v) is 8.33. The van der Waals surface area contributed by atoms with E-state index < -0.39 is 19.8 Å². The number of aryl methyl sites for hydroxylation is 1. The van der Waals surface area contributed by atoms with Crippen LogP contribution in [0.3, 0.4) is 0 Å². The van der Waals surface area contributed by atoms with E-state index in [4.69, 9.17) is 26.1 Å². The van der Waals surface area contributed by atoms with E-state index in [9.17, 15) is 17.7 Å². The number of nitriles is 1. The number of halogens is 4. The van der Waals surface area contributed by atoms with Crippen molar-refractivity contribution >= 4 is 24.9 Å². The summed E-state index contributed by atoms with van der Waals surface area (Å²) in [5, 5.41) is 9.02. The van der Waals surface area contributed by atoms with Gasteiger partial charge in [0.15, 0.2) is 0 Å². The Morgan fingerprint density at radius 1 is 1.20 bits per heavy atom. The van der Waals surface area contributed by atoms with Crippen LogP contribution in [-0.2, 0) is 15.3 Å². The molecular formula is C16H11ClF3NO3P+. The summed E-state index contributed by atoms with van der Waals surface area (Å²) in [7, 11) is -1.04. The molecule has 0 bridgehead atoms. The van der Waals surface area contributed by atoms with E-state index in [1.54, 1.807) is 6.92 Å². The molecule has 2 aromatic carbocycles. The van der Waals surface area contributed by atoms with Crippen molar-refractivity contribution in [1.82, 2.24) is 0 Å². The second-order valence-corrected chi connectivity index (χ2v) is 6.70. The molecule has 0 spiro atoms. The number of hydrogen-bond donors (Lipinski definition) is 0. The van der Waals surface area contributed by atoms with Gasteiger partial charge in [0.25, 0.3) is 0 Å². The maximum atomic E-state index is 12.7. The molecule has 25 heavy (non-hydrogen) atoms. The summed E-state index contributed by atoms with van der Waals surface area (Å²) < 4.78 is 60.2. The lowest BCUT2D eigenvalue weighted by molar-refractivity contribution is -0.137. The maximum absolute atomic E-state index is 12.7. The topological polar surface area (TPSA) is 59.3 Å². The van der Waals surface area contributed by atoms with Crippen LogP contribution in [0.4, 0.5) is 13.2 Å². The lowest BCUT2D eigenvalue weighted by atomic mass is 10.1. The molecule has 0 aliphatic heterocycles. The van der Waals surface area contributed by atoms with Gasteiger partial charge in [-0.3, -0.25) is 0 Å². The number of hydrogen-bond acceptors (Lipinski definition) is 4. The largest absolute Gasteiger partial charge is 0.550 e. The highest BCUT2D eigenvalue weighted by atomic mass is 35.5. The van der Waals surface area contributed by atoms with Gasteiger partial charge in [0.1, 0.15) is 23.1 Å². The third kappa shape index (κ3) is 4.29. The molecule has 130 valence electrons. The van der Waals surface area contributed by atoms with Gasteiger partial charge in [-0.15, -0.1) is 4.52 Å². The average molecular weight is 389 g/mol. The van der Waals surface area contributed by atoms with Crippen molar-refractivity contribution in [2.45, 2.75) is 13.1 Å².